The Labute approximate surface area is 120 Å². The largest absolute Gasteiger partial charge is 0.370 e. The molecule has 0 aliphatic heterocycles. The Bertz CT molecular complexity index is 695. The van der Waals surface area contributed by atoms with Crippen LogP contribution >= 0.6 is 0 Å². The van der Waals surface area contributed by atoms with Crippen molar-refractivity contribution in [3.63, 3.8) is 0 Å². The highest BCUT2D eigenvalue weighted by Gasteiger charge is 2.15. The number of hydrogen-bond acceptors (Lipinski definition) is 5. The first-order valence-corrected chi connectivity index (χ1v) is 6.14. The predicted octanol–water partition coefficient (Wildman–Crippen LogP) is 2.66. The van der Waals surface area contributed by atoms with Gasteiger partial charge in [0.05, 0.1) is 4.92 Å². The minimum absolute atomic E-state index is 0.230. The van der Waals surface area contributed by atoms with Crippen molar-refractivity contribution in [3.8, 4) is 6.07 Å². The normalized spacial score (nSPS) is 9.90. The van der Waals surface area contributed by atoms with E-state index in [9.17, 15) is 14.5 Å². The third-order valence-corrected chi connectivity index (χ3v) is 2.81. The van der Waals surface area contributed by atoms with Gasteiger partial charge in [0.2, 0.25) is 5.69 Å². The van der Waals surface area contributed by atoms with Crippen LogP contribution in [0.3, 0.4) is 0 Å². The van der Waals surface area contributed by atoms with Crippen molar-refractivity contribution in [2.45, 2.75) is 6.42 Å². The number of nitrogens with zero attached hydrogens (tertiary/aromatic N) is 3. The van der Waals surface area contributed by atoms with Crippen LogP contribution in [0.15, 0.2) is 36.4 Å². The van der Waals surface area contributed by atoms with E-state index in [0.717, 1.165) is 5.56 Å². The van der Waals surface area contributed by atoms with Crippen LogP contribution in [0.4, 0.5) is 15.9 Å². The Morgan fingerprint density at radius 1 is 1.29 bits per heavy atom. The molecule has 1 N–H and O–H groups in total. The lowest BCUT2D eigenvalue weighted by molar-refractivity contribution is -0.385. The fourth-order valence-electron chi connectivity index (χ4n) is 1.77. The first-order chi connectivity index (χ1) is 10.1. The summed E-state index contributed by atoms with van der Waals surface area (Å²) >= 11 is 0. The number of benzene rings is 1. The van der Waals surface area contributed by atoms with Crippen molar-refractivity contribution in [1.82, 2.24) is 4.98 Å². The monoisotopic (exact) mass is 286 g/mol. The second-order valence-electron chi connectivity index (χ2n) is 4.24. The van der Waals surface area contributed by atoms with E-state index >= 15 is 0 Å². The van der Waals surface area contributed by atoms with Crippen molar-refractivity contribution in [3.05, 3.63) is 63.6 Å². The zero-order valence-electron chi connectivity index (χ0n) is 10.9. The molecule has 1 aromatic heterocycles. The van der Waals surface area contributed by atoms with E-state index in [2.05, 4.69) is 10.3 Å². The lowest BCUT2D eigenvalue weighted by Crippen LogP contribution is -2.07. The molecule has 0 spiro atoms. The van der Waals surface area contributed by atoms with Gasteiger partial charge in [-0.05, 0) is 30.2 Å². The molecule has 1 aromatic carbocycles. The smallest absolute Gasteiger partial charge is 0.305 e. The van der Waals surface area contributed by atoms with Gasteiger partial charge < -0.3 is 5.32 Å². The quantitative estimate of drug-likeness (QED) is 0.673. The first kappa shape index (κ1) is 14.4. The van der Waals surface area contributed by atoms with Gasteiger partial charge in [-0.3, -0.25) is 10.1 Å². The predicted molar refractivity (Wildman–Crippen MR) is 74.2 cm³/mol. The van der Waals surface area contributed by atoms with Crippen LogP contribution in [0, 0.1) is 27.3 Å². The van der Waals surface area contributed by atoms with Crippen LogP contribution in [0.5, 0.6) is 0 Å². The van der Waals surface area contributed by atoms with E-state index in [1.165, 1.54) is 24.3 Å². The fraction of sp³-hybridized carbons (Fsp3) is 0.143. The van der Waals surface area contributed by atoms with Crippen LogP contribution in [0.1, 0.15) is 11.3 Å². The summed E-state index contributed by atoms with van der Waals surface area (Å²) in [6.45, 7) is 0.515. The van der Waals surface area contributed by atoms with E-state index < -0.39 is 4.92 Å². The molecule has 21 heavy (non-hydrogen) atoms. The molecule has 0 atom stereocenters. The number of aromatic nitrogens is 1. The summed E-state index contributed by atoms with van der Waals surface area (Å²) in [6.07, 6.45) is 0.640. The maximum Gasteiger partial charge on any atom is 0.305 e. The van der Waals surface area contributed by atoms with Crippen molar-refractivity contribution < 1.29 is 9.31 Å². The van der Waals surface area contributed by atoms with Crippen LogP contribution in [0.25, 0.3) is 0 Å². The molecule has 6 nitrogen and oxygen atoms in total. The van der Waals surface area contributed by atoms with Crippen molar-refractivity contribution in [1.29, 1.82) is 5.26 Å². The molecule has 0 saturated heterocycles. The lowest BCUT2D eigenvalue weighted by atomic mass is 10.1. The minimum atomic E-state index is -0.645. The third kappa shape index (κ3) is 3.73. The number of halogens is 1. The van der Waals surface area contributed by atoms with Gasteiger partial charge in [0.1, 0.15) is 17.7 Å². The van der Waals surface area contributed by atoms with E-state index in [1.807, 2.05) is 0 Å². The van der Waals surface area contributed by atoms with Gasteiger partial charge in [-0.2, -0.15) is 5.26 Å². The molecule has 106 valence electrons. The average Bonchev–Trinajstić information content (AvgIpc) is 2.49. The summed E-state index contributed by atoms with van der Waals surface area (Å²) in [5.74, 6) is 0.0988. The highest BCUT2D eigenvalue weighted by molar-refractivity contribution is 5.50. The van der Waals surface area contributed by atoms with Gasteiger partial charge in [-0.15, -0.1) is 0 Å². The van der Waals surface area contributed by atoms with Gasteiger partial charge >= 0.3 is 5.69 Å². The van der Waals surface area contributed by atoms with E-state index in [-0.39, 0.29) is 17.2 Å². The number of nitro groups is 1. The van der Waals surface area contributed by atoms with E-state index in [4.69, 9.17) is 5.26 Å². The van der Waals surface area contributed by atoms with Crippen LogP contribution in [-0.2, 0) is 6.42 Å². The highest BCUT2D eigenvalue weighted by atomic mass is 19.1. The summed E-state index contributed by atoms with van der Waals surface area (Å²) in [5, 5.41) is 22.5. The van der Waals surface area contributed by atoms with Crippen LogP contribution in [-0.4, -0.2) is 16.5 Å². The van der Waals surface area contributed by atoms with Gasteiger partial charge in [0.15, 0.2) is 0 Å². The molecule has 0 aliphatic carbocycles. The SMILES string of the molecule is N#Cc1nc(NCCc2ccc(F)cc2)ccc1[N+](=O)[O-]. The van der Waals surface area contributed by atoms with Gasteiger partial charge in [-0.1, -0.05) is 12.1 Å². The topological polar surface area (TPSA) is 91.8 Å². The summed E-state index contributed by atoms with van der Waals surface area (Å²) in [7, 11) is 0. The maximum absolute atomic E-state index is 12.7. The van der Waals surface area contributed by atoms with Crippen molar-refractivity contribution in [2.24, 2.45) is 0 Å². The van der Waals surface area contributed by atoms with Crippen LogP contribution < -0.4 is 5.32 Å². The molecule has 7 heteroatoms. The molecule has 2 rings (SSSR count). The zero-order chi connectivity index (χ0) is 15.2. The lowest BCUT2D eigenvalue weighted by Gasteiger charge is -2.06. The molecular weight excluding hydrogens is 275 g/mol. The zero-order valence-corrected chi connectivity index (χ0v) is 10.9. The van der Waals surface area contributed by atoms with Crippen molar-refractivity contribution >= 4 is 11.5 Å². The molecule has 0 radical (unpaired) electrons. The Balaban J connectivity index is 1.99. The van der Waals surface area contributed by atoms with E-state index in [0.29, 0.717) is 18.8 Å². The van der Waals surface area contributed by atoms with Crippen molar-refractivity contribution in [2.75, 3.05) is 11.9 Å². The molecule has 0 bridgehead atoms. The second kappa shape index (κ2) is 6.43. The summed E-state index contributed by atoms with van der Waals surface area (Å²) in [5.41, 5.74) is 0.402. The number of pyridine rings is 1. The molecular formula is C14H11FN4O2. The number of anilines is 1. The molecule has 0 aliphatic rings. The maximum atomic E-state index is 12.7. The molecule has 0 saturated carbocycles. The first-order valence-electron chi connectivity index (χ1n) is 6.14. The Morgan fingerprint density at radius 2 is 2.00 bits per heavy atom. The Morgan fingerprint density at radius 3 is 2.62 bits per heavy atom. The molecule has 0 amide bonds. The number of hydrogen-bond donors (Lipinski definition) is 1. The Kier molecular flexibility index (Phi) is 4.41. The van der Waals surface area contributed by atoms with E-state index in [1.54, 1.807) is 18.2 Å². The number of rotatable bonds is 5. The van der Waals surface area contributed by atoms with Gasteiger partial charge in [0, 0.05) is 12.6 Å². The second-order valence-corrected chi connectivity index (χ2v) is 4.24. The fourth-order valence-corrected chi connectivity index (χ4v) is 1.77. The van der Waals surface area contributed by atoms with Gasteiger partial charge in [0.25, 0.3) is 0 Å². The Hall–Kier alpha value is -3.01. The highest BCUT2D eigenvalue weighted by Crippen LogP contribution is 2.18. The summed E-state index contributed by atoms with van der Waals surface area (Å²) in [6, 6.07) is 10.5. The van der Waals surface area contributed by atoms with Crippen LogP contribution in [0.2, 0.25) is 0 Å². The average molecular weight is 286 g/mol. The number of nitrogens with one attached hydrogen (secondary N) is 1. The van der Waals surface area contributed by atoms with Gasteiger partial charge in [-0.25, -0.2) is 9.37 Å². The minimum Gasteiger partial charge on any atom is -0.370 e. The standard InChI is InChI=1S/C14H11FN4O2/c15-11-3-1-10(2-4-11)7-8-17-14-6-5-13(19(20)21)12(9-16)18-14/h1-6H,7-8H2,(H,17,18). The molecule has 2 aromatic rings. The molecule has 0 fully saturated rings. The third-order valence-electron chi connectivity index (χ3n) is 2.81. The summed E-state index contributed by atoms with van der Waals surface area (Å²) < 4.78 is 12.7. The number of nitriles is 1. The summed E-state index contributed by atoms with van der Waals surface area (Å²) in [4.78, 5) is 13.9. The molecule has 1 heterocycles. The molecule has 0 unspecified atom stereocenters.